The Morgan fingerprint density at radius 2 is 2.00 bits per heavy atom. The third-order valence-corrected chi connectivity index (χ3v) is 2.31. The van der Waals surface area contributed by atoms with Crippen molar-refractivity contribution in [3.8, 4) is 0 Å². The molecule has 0 aromatic carbocycles. The highest BCUT2D eigenvalue weighted by molar-refractivity contribution is 5.99. The van der Waals surface area contributed by atoms with E-state index in [0.29, 0.717) is 0 Å². The number of aromatic nitrogens is 3. The maximum atomic E-state index is 11.6. The molecule has 1 aromatic heterocycles. The molecule has 3 N–H and O–H groups in total. The molecule has 1 atom stereocenters. The van der Waals surface area contributed by atoms with E-state index in [9.17, 15) is 19.2 Å². The molecule has 0 aliphatic rings. The molecule has 0 aliphatic carbocycles. The Morgan fingerprint density at radius 3 is 2.59 bits per heavy atom. The molecule has 10 heteroatoms. The van der Waals surface area contributed by atoms with Crippen molar-refractivity contribution in [1.29, 1.82) is 0 Å². The minimum Gasteiger partial charge on any atom is -0.462 e. The van der Waals surface area contributed by atoms with E-state index in [1.807, 2.05) is 5.10 Å². The number of esters is 2. The first kappa shape index (κ1) is 17.6. The normalized spacial score (nSPS) is 12.5. The van der Waals surface area contributed by atoms with Crippen LogP contribution < -0.4 is 16.9 Å². The highest BCUT2D eigenvalue weighted by atomic mass is 16.6. The molecule has 0 amide bonds. The zero-order chi connectivity index (χ0) is 16.9. The molecule has 0 radical (unpaired) electrons. The summed E-state index contributed by atoms with van der Waals surface area (Å²) < 4.78 is 10.7. The van der Waals surface area contributed by atoms with Crippen molar-refractivity contribution in [2.75, 3.05) is 6.61 Å². The Labute approximate surface area is 125 Å². The average Bonchev–Trinajstić information content (AvgIpc) is 2.40. The van der Waals surface area contributed by atoms with Gasteiger partial charge in [-0.3, -0.25) is 14.2 Å². The van der Waals surface area contributed by atoms with Crippen LogP contribution in [-0.2, 0) is 25.6 Å². The molecule has 0 fully saturated rings. The van der Waals surface area contributed by atoms with E-state index in [-0.39, 0.29) is 13.2 Å². The van der Waals surface area contributed by atoms with Crippen LogP contribution in [0.15, 0.2) is 15.9 Å². The fourth-order valence-corrected chi connectivity index (χ4v) is 1.34. The van der Waals surface area contributed by atoms with E-state index in [4.69, 9.17) is 15.2 Å². The van der Waals surface area contributed by atoms with Crippen molar-refractivity contribution in [1.82, 2.24) is 14.8 Å². The number of H-pyrrole nitrogens is 1. The van der Waals surface area contributed by atoms with Gasteiger partial charge in [-0.1, -0.05) is 0 Å². The maximum absolute atomic E-state index is 11.6. The van der Waals surface area contributed by atoms with Crippen molar-refractivity contribution < 1.29 is 19.1 Å². The quantitative estimate of drug-likeness (QED) is 0.365. The van der Waals surface area contributed by atoms with Crippen LogP contribution in [0, 0.1) is 0 Å². The van der Waals surface area contributed by atoms with Crippen LogP contribution in [0.3, 0.4) is 0 Å². The van der Waals surface area contributed by atoms with Gasteiger partial charge in [0.15, 0.2) is 0 Å². The van der Waals surface area contributed by atoms with Crippen LogP contribution >= 0.6 is 0 Å². The first-order valence-corrected chi connectivity index (χ1v) is 6.41. The third kappa shape index (κ3) is 5.13. The second kappa shape index (κ2) is 6.98. The van der Waals surface area contributed by atoms with Gasteiger partial charge >= 0.3 is 23.1 Å². The highest BCUT2D eigenvalue weighted by Gasteiger charge is 2.29. The zero-order valence-corrected chi connectivity index (χ0v) is 12.5. The van der Waals surface area contributed by atoms with Crippen LogP contribution in [0.4, 0.5) is 0 Å². The molecule has 0 spiro atoms. The zero-order valence-electron chi connectivity index (χ0n) is 12.5. The second-order valence-corrected chi connectivity index (χ2v) is 5.36. The van der Waals surface area contributed by atoms with Gasteiger partial charge in [0.2, 0.25) is 6.04 Å². The molecule has 0 aliphatic heterocycles. The van der Waals surface area contributed by atoms with Gasteiger partial charge in [-0.2, -0.15) is 5.10 Å². The number of rotatable bonds is 5. The Hall–Kier alpha value is -2.49. The molecule has 0 saturated heterocycles. The first-order valence-electron chi connectivity index (χ1n) is 6.41. The van der Waals surface area contributed by atoms with Gasteiger partial charge in [0, 0.05) is 0 Å². The van der Waals surface area contributed by atoms with Gasteiger partial charge in [0.05, 0.1) is 6.54 Å². The number of nitrogens with two attached hydrogens (primary N) is 1. The predicted octanol–water partition coefficient (Wildman–Crippen LogP) is -1.86. The molecular weight excluding hydrogens is 296 g/mol. The summed E-state index contributed by atoms with van der Waals surface area (Å²) >= 11 is 0. The van der Waals surface area contributed by atoms with Crippen molar-refractivity contribution in [2.24, 2.45) is 5.73 Å². The second-order valence-electron chi connectivity index (χ2n) is 5.36. The fraction of sp³-hybridized carbons (Fsp3) is 0.583. The molecule has 1 unspecified atom stereocenters. The van der Waals surface area contributed by atoms with Crippen molar-refractivity contribution in [3.63, 3.8) is 0 Å². The summed E-state index contributed by atoms with van der Waals surface area (Å²) in [6.07, 6.45) is 1.09. The summed E-state index contributed by atoms with van der Waals surface area (Å²) in [5.74, 6) is -1.90. The average molecular weight is 314 g/mol. The molecule has 0 saturated carbocycles. The summed E-state index contributed by atoms with van der Waals surface area (Å²) in [4.78, 5) is 45.6. The van der Waals surface area contributed by atoms with Crippen molar-refractivity contribution in [2.45, 2.75) is 39.0 Å². The number of carbonyl (C=O) groups excluding carboxylic acids is 2. The lowest BCUT2D eigenvalue weighted by Crippen LogP contribution is -2.44. The van der Waals surface area contributed by atoms with Crippen LogP contribution in [0.2, 0.25) is 0 Å². The van der Waals surface area contributed by atoms with Gasteiger partial charge in [0.25, 0.3) is 0 Å². The summed E-state index contributed by atoms with van der Waals surface area (Å²) in [5, 5.41) is 5.40. The lowest BCUT2D eigenvalue weighted by Gasteiger charge is -2.21. The van der Waals surface area contributed by atoms with E-state index in [2.05, 4.69) is 5.10 Å². The monoisotopic (exact) mass is 314 g/mol. The smallest absolute Gasteiger partial charge is 0.335 e. The van der Waals surface area contributed by atoms with Crippen LogP contribution in [0.25, 0.3) is 0 Å². The number of carbonyl (C=O) groups is 2. The van der Waals surface area contributed by atoms with Gasteiger partial charge in [0.1, 0.15) is 18.5 Å². The topological polar surface area (TPSA) is 146 Å². The standard InChI is InChI=1S/C12H18N4O6/c1-12(2,3)22-11(20)7(13)10(19)21-5-4-16-6-14-15-8(17)9(16)18/h6-7H,4-5,13H2,1-3H3,(H,15,17). The van der Waals surface area contributed by atoms with Gasteiger partial charge in [-0.15, -0.1) is 0 Å². The number of nitrogens with one attached hydrogen (secondary N) is 1. The van der Waals surface area contributed by atoms with Crippen LogP contribution in [0.5, 0.6) is 0 Å². The minimum atomic E-state index is -1.58. The lowest BCUT2D eigenvalue weighted by molar-refractivity contribution is -0.164. The number of hydrogen-bond donors (Lipinski definition) is 2. The number of ether oxygens (including phenoxy) is 2. The molecule has 1 aromatic rings. The van der Waals surface area contributed by atoms with E-state index >= 15 is 0 Å². The molecule has 122 valence electrons. The molecule has 0 bridgehead atoms. The Balaban J connectivity index is 2.52. The molecule has 1 heterocycles. The largest absolute Gasteiger partial charge is 0.462 e. The van der Waals surface area contributed by atoms with E-state index in [1.54, 1.807) is 20.8 Å². The predicted molar refractivity (Wildman–Crippen MR) is 73.9 cm³/mol. The Kier molecular flexibility index (Phi) is 5.57. The van der Waals surface area contributed by atoms with Gasteiger partial charge in [-0.05, 0) is 20.8 Å². The molecule has 10 nitrogen and oxygen atoms in total. The SMILES string of the molecule is CC(C)(C)OC(=O)C(N)C(=O)OCCn1cn[nH]c(=O)c1=O. The summed E-state index contributed by atoms with van der Waals surface area (Å²) in [7, 11) is 0. The Bertz CT molecular complexity index is 657. The van der Waals surface area contributed by atoms with E-state index in [1.165, 1.54) is 0 Å². The molecule has 1 rings (SSSR count). The van der Waals surface area contributed by atoms with E-state index in [0.717, 1.165) is 10.9 Å². The summed E-state index contributed by atoms with van der Waals surface area (Å²) in [6.45, 7) is 4.56. The summed E-state index contributed by atoms with van der Waals surface area (Å²) in [6, 6.07) is -1.58. The van der Waals surface area contributed by atoms with Gasteiger partial charge in [-0.25, -0.2) is 14.7 Å². The van der Waals surface area contributed by atoms with Crippen molar-refractivity contribution in [3.05, 3.63) is 27.0 Å². The van der Waals surface area contributed by atoms with Crippen LogP contribution in [0.1, 0.15) is 20.8 Å². The third-order valence-electron chi connectivity index (χ3n) is 2.31. The highest BCUT2D eigenvalue weighted by Crippen LogP contribution is 2.08. The molecule has 22 heavy (non-hydrogen) atoms. The van der Waals surface area contributed by atoms with Crippen LogP contribution in [-0.4, -0.2) is 45.0 Å². The number of aromatic amines is 1. The van der Waals surface area contributed by atoms with E-state index < -0.39 is 34.7 Å². The summed E-state index contributed by atoms with van der Waals surface area (Å²) in [5.41, 5.74) is 2.92. The van der Waals surface area contributed by atoms with Gasteiger partial charge < -0.3 is 15.2 Å². The lowest BCUT2D eigenvalue weighted by atomic mass is 10.2. The number of nitrogens with zero attached hydrogens (tertiary/aromatic N) is 2. The van der Waals surface area contributed by atoms with Crippen molar-refractivity contribution >= 4 is 11.9 Å². The maximum Gasteiger partial charge on any atom is 0.335 e. The molecular formula is C12H18N4O6. The number of hydrogen-bond acceptors (Lipinski definition) is 8. The Morgan fingerprint density at radius 1 is 1.36 bits per heavy atom. The first-order chi connectivity index (χ1) is 10.1. The minimum absolute atomic E-state index is 0.0947. The fourth-order valence-electron chi connectivity index (χ4n) is 1.34.